The third-order valence-corrected chi connectivity index (χ3v) is 13.3. The van der Waals surface area contributed by atoms with E-state index in [1.165, 1.54) is 53.8 Å². The van der Waals surface area contributed by atoms with Crippen molar-refractivity contribution in [2.24, 2.45) is 0 Å². The van der Waals surface area contributed by atoms with Gasteiger partial charge in [0.1, 0.15) is 5.57 Å². The van der Waals surface area contributed by atoms with Crippen LogP contribution in [0.2, 0.25) is 0 Å². The molecule has 0 unspecified atom stereocenters. The number of nitrogens with zero attached hydrogens (tertiary/aromatic N) is 4. The number of anilines is 2. The molecule has 8 rings (SSSR count). The number of unbranched alkanes of at least 4 members (excludes halogenated alkanes) is 2. The maximum absolute atomic E-state index is 14.7. The van der Waals surface area contributed by atoms with E-state index in [0.717, 1.165) is 41.8 Å². The Morgan fingerprint density at radius 3 is 1.41 bits per heavy atom. The number of rotatable bonds is 8. The van der Waals surface area contributed by atoms with E-state index in [1.807, 2.05) is 13.8 Å². The van der Waals surface area contributed by atoms with Gasteiger partial charge in [0.15, 0.2) is 0 Å². The van der Waals surface area contributed by atoms with Crippen molar-refractivity contribution in [1.82, 2.24) is 9.80 Å². The highest BCUT2D eigenvalue weighted by molar-refractivity contribution is 6.29. The number of carbonyl (C=O) groups excluding carboxylic acids is 3. The SMILES string of the molecule is CCCCN1C(=O)C(=C2/C(=C/C=C3N(C)c4ccc5ccccc5c4C3(C)C)CCC/C2=C\C=C2\N(C)c3ccc4ccccc4c3C2(C)C)C(=O)N(CCCC)C1=O. The molecular formula is C52H58N4O3. The molecule has 59 heavy (non-hydrogen) atoms. The molecule has 4 amide bonds. The van der Waals surface area contributed by atoms with E-state index in [0.29, 0.717) is 31.3 Å². The number of likely N-dealkylation sites (N-methyl/N-ethyl adjacent to an activating group) is 2. The van der Waals surface area contributed by atoms with Crippen LogP contribution in [0.3, 0.4) is 0 Å². The molecule has 1 saturated carbocycles. The summed E-state index contributed by atoms with van der Waals surface area (Å²) in [6.45, 7) is 13.8. The smallest absolute Gasteiger partial charge is 0.333 e. The first kappa shape index (κ1) is 40.1. The molecular weight excluding hydrogens is 729 g/mol. The Labute approximate surface area is 350 Å². The summed E-state index contributed by atoms with van der Waals surface area (Å²) in [4.78, 5) is 50.6. The molecule has 0 aromatic heterocycles. The van der Waals surface area contributed by atoms with Gasteiger partial charge in [-0.3, -0.25) is 19.4 Å². The van der Waals surface area contributed by atoms with Gasteiger partial charge in [-0.1, -0.05) is 127 Å². The highest BCUT2D eigenvalue weighted by Crippen LogP contribution is 2.52. The highest BCUT2D eigenvalue weighted by atomic mass is 16.2. The summed E-state index contributed by atoms with van der Waals surface area (Å²) in [5, 5.41) is 4.92. The Balaban J connectivity index is 1.30. The zero-order valence-electron chi connectivity index (χ0n) is 36.1. The minimum Gasteiger partial charge on any atom is -0.347 e. The zero-order valence-corrected chi connectivity index (χ0v) is 36.1. The van der Waals surface area contributed by atoms with Crippen LogP contribution in [-0.4, -0.2) is 54.8 Å². The number of hydrogen-bond acceptors (Lipinski definition) is 5. The monoisotopic (exact) mass is 786 g/mol. The van der Waals surface area contributed by atoms with Gasteiger partial charge in [0.25, 0.3) is 11.8 Å². The molecule has 0 spiro atoms. The third kappa shape index (κ3) is 6.54. The number of allylic oxidation sites excluding steroid dienone is 9. The number of urea groups is 1. The lowest BCUT2D eigenvalue weighted by Crippen LogP contribution is -2.57. The van der Waals surface area contributed by atoms with Gasteiger partial charge in [0.05, 0.1) is 0 Å². The molecule has 4 aliphatic rings. The number of fused-ring (bicyclic) bond motifs is 6. The second-order valence-electron chi connectivity index (χ2n) is 17.7. The quantitative estimate of drug-likeness (QED) is 0.131. The van der Waals surface area contributed by atoms with Gasteiger partial charge in [0.2, 0.25) is 0 Å². The van der Waals surface area contributed by atoms with Gasteiger partial charge >= 0.3 is 6.03 Å². The highest BCUT2D eigenvalue weighted by Gasteiger charge is 2.45. The third-order valence-electron chi connectivity index (χ3n) is 13.3. The zero-order chi connectivity index (χ0) is 41.8. The Morgan fingerprint density at radius 1 is 0.559 bits per heavy atom. The summed E-state index contributed by atoms with van der Waals surface area (Å²) in [6.07, 6.45) is 14.0. The first-order valence-corrected chi connectivity index (χ1v) is 21.6. The number of benzene rings is 4. The van der Waals surface area contributed by atoms with E-state index in [2.05, 4.69) is 149 Å². The first-order chi connectivity index (χ1) is 28.3. The molecule has 0 N–H and O–H groups in total. The fourth-order valence-corrected chi connectivity index (χ4v) is 10.2. The van der Waals surface area contributed by atoms with Gasteiger partial charge in [-0.25, -0.2) is 4.79 Å². The lowest BCUT2D eigenvalue weighted by atomic mass is 9.78. The average Bonchev–Trinajstić information content (AvgIpc) is 3.55. The van der Waals surface area contributed by atoms with Crippen LogP contribution in [0.4, 0.5) is 16.2 Å². The maximum Gasteiger partial charge on any atom is 0.333 e. The summed E-state index contributed by atoms with van der Waals surface area (Å²) < 4.78 is 0. The molecule has 1 aliphatic carbocycles. The van der Waals surface area contributed by atoms with Crippen molar-refractivity contribution in [1.29, 1.82) is 0 Å². The normalized spacial score (nSPS) is 21.7. The van der Waals surface area contributed by atoms with E-state index in [1.54, 1.807) is 0 Å². The van der Waals surface area contributed by atoms with Crippen molar-refractivity contribution in [3.63, 3.8) is 0 Å². The number of imide groups is 2. The fourth-order valence-electron chi connectivity index (χ4n) is 10.2. The van der Waals surface area contributed by atoms with Crippen molar-refractivity contribution < 1.29 is 14.4 Å². The largest absolute Gasteiger partial charge is 0.347 e. The van der Waals surface area contributed by atoms with Crippen LogP contribution >= 0.6 is 0 Å². The molecule has 4 aromatic rings. The van der Waals surface area contributed by atoms with E-state index < -0.39 is 17.8 Å². The molecule has 0 bridgehead atoms. The Kier molecular flexibility index (Phi) is 10.5. The molecule has 7 nitrogen and oxygen atoms in total. The van der Waals surface area contributed by atoms with E-state index in [-0.39, 0.29) is 29.5 Å². The van der Waals surface area contributed by atoms with Gasteiger partial charge in [0, 0.05) is 60.8 Å². The number of barbiturate groups is 1. The van der Waals surface area contributed by atoms with E-state index in [4.69, 9.17) is 0 Å². The molecule has 7 heteroatoms. The Bertz CT molecular complexity index is 2390. The fraction of sp³-hybridized carbons (Fsp3) is 0.365. The number of hydrogen-bond donors (Lipinski definition) is 0. The van der Waals surface area contributed by atoms with Crippen LogP contribution in [0.1, 0.15) is 97.6 Å². The van der Waals surface area contributed by atoms with E-state index >= 15 is 0 Å². The average molecular weight is 787 g/mol. The maximum atomic E-state index is 14.7. The molecule has 0 atom stereocenters. The van der Waals surface area contributed by atoms with Gasteiger partial charge < -0.3 is 9.80 Å². The minimum absolute atomic E-state index is 0.118. The summed E-state index contributed by atoms with van der Waals surface area (Å²) in [7, 11) is 4.26. The number of carbonyl (C=O) groups is 3. The van der Waals surface area contributed by atoms with Crippen molar-refractivity contribution in [2.45, 2.75) is 97.3 Å². The Hall–Kier alpha value is -5.69. The lowest BCUT2D eigenvalue weighted by molar-refractivity contribution is -0.136. The van der Waals surface area contributed by atoms with Crippen LogP contribution in [0.15, 0.2) is 131 Å². The minimum atomic E-state index is -0.499. The van der Waals surface area contributed by atoms with Crippen LogP contribution in [-0.2, 0) is 20.4 Å². The molecule has 4 aromatic carbocycles. The van der Waals surface area contributed by atoms with Crippen molar-refractivity contribution in [3.8, 4) is 0 Å². The standard InChI is InChI=1S/C52H58N4O3/c1-9-11-32-55-48(57)45(49(58)56(50(55)59)33-12-10-2)44-36(26-30-42-51(3,4)46-38-22-15-13-18-34(38)24-28-40(46)53(42)7)20-17-21-37(44)27-31-43-52(5,6)47-39-23-16-14-19-35(39)25-29-41(47)54(43)8/h13-16,18-19,22-31H,9-12,17,20-21,32-33H2,1-8H3/b36-26+,37-27+,42-30+,43-31?. The van der Waals surface area contributed by atoms with Gasteiger partial charge in [-0.15, -0.1) is 0 Å². The second-order valence-corrected chi connectivity index (χ2v) is 17.7. The topological polar surface area (TPSA) is 64.2 Å². The van der Waals surface area contributed by atoms with E-state index in [9.17, 15) is 14.4 Å². The van der Waals surface area contributed by atoms with Crippen LogP contribution in [0, 0.1) is 0 Å². The molecule has 0 radical (unpaired) electrons. The van der Waals surface area contributed by atoms with Crippen molar-refractivity contribution >= 4 is 50.8 Å². The Morgan fingerprint density at radius 2 is 0.983 bits per heavy atom. The summed E-state index contributed by atoms with van der Waals surface area (Å²) >= 11 is 0. The molecule has 304 valence electrons. The molecule has 3 aliphatic heterocycles. The molecule has 2 fully saturated rings. The van der Waals surface area contributed by atoms with Gasteiger partial charge in [-0.2, -0.15) is 0 Å². The molecule has 3 heterocycles. The van der Waals surface area contributed by atoms with Crippen molar-refractivity contribution in [2.75, 3.05) is 37.0 Å². The summed E-state index contributed by atoms with van der Waals surface area (Å²) in [5.74, 6) is -0.964. The first-order valence-electron chi connectivity index (χ1n) is 21.6. The lowest BCUT2D eigenvalue weighted by Gasteiger charge is -2.36. The second kappa shape index (κ2) is 15.5. The molecule has 1 saturated heterocycles. The predicted molar refractivity (Wildman–Crippen MR) is 243 cm³/mol. The predicted octanol–water partition coefficient (Wildman–Crippen LogP) is 11.6. The van der Waals surface area contributed by atoms with Crippen molar-refractivity contribution in [3.05, 3.63) is 142 Å². The van der Waals surface area contributed by atoms with Gasteiger partial charge in [-0.05, 0) is 106 Å². The summed E-state index contributed by atoms with van der Waals surface area (Å²) in [5.41, 5.74) is 9.32. The van der Waals surface area contributed by atoms with Crippen LogP contribution in [0.5, 0.6) is 0 Å². The number of amides is 4. The van der Waals surface area contributed by atoms with Crippen LogP contribution < -0.4 is 9.80 Å². The van der Waals surface area contributed by atoms with Crippen LogP contribution in [0.25, 0.3) is 21.5 Å². The summed E-state index contributed by atoms with van der Waals surface area (Å²) in [6, 6.07) is 25.4.